The van der Waals surface area contributed by atoms with Crippen LogP contribution in [-0.2, 0) is 0 Å². The van der Waals surface area contributed by atoms with Crippen molar-refractivity contribution in [1.29, 1.82) is 0 Å². The number of para-hydroxylation sites is 2. The van der Waals surface area contributed by atoms with Crippen LogP contribution in [0.5, 0.6) is 0 Å². The van der Waals surface area contributed by atoms with Crippen LogP contribution in [0.25, 0.3) is 99.2 Å². The minimum Gasteiger partial charge on any atom is -0.456 e. The van der Waals surface area contributed by atoms with Gasteiger partial charge in [-0.05, 0) is 91.3 Å². The number of hydrogen-bond donors (Lipinski definition) is 0. The zero-order valence-electron chi connectivity index (χ0n) is 26.0. The van der Waals surface area contributed by atoms with Gasteiger partial charge in [0.2, 0.25) is 0 Å². The minimum absolute atomic E-state index is 0.875. The average Bonchev–Trinajstić information content (AvgIpc) is 3.75. The predicted molar refractivity (Wildman–Crippen MR) is 200 cm³/mol. The van der Waals surface area contributed by atoms with Crippen molar-refractivity contribution in [2.24, 2.45) is 0 Å². The summed E-state index contributed by atoms with van der Waals surface area (Å²) >= 11 is 0. The highest BCUT2D eigenvalue weighted by Gasteiger charge is 2.19. The minimum atomic E-state index is 0.875. The molecule has 0 aliphatic heterocycles. The van der Waals surface area contributed by atoms with Gasteiger partial charge in [-0.1, -0.05) is 133 Å². The molecule has 0 N–H and O–H groups in total. The number of furan rings is 2. The molecule has 0 fully saturated rings. The van der Waals surface area contributed by atoms with Crippen LogP contribution < -0.4 is 0 Å². The number of hydrogen-bond acceptors (Lipinski definition) is 2. The Bertz CT molecular complexity index is 2760. The van der Waals surface area contributed by atoms with E-state index in [0.717, 1.165) is 55.4 Å². The summed E-state index contributed by atoms with van der Waals surface area (Å²) in [5.41, 5.74) is 10.9. The Balaban J connectivity index is 1.19. The number of rotatable bonds is 4. The molecule has 0 saturated heterocycles. The van der Waals surface area contributed by atoms with Crippen LogP contribution in [-0.4, -0.2) is 0 Å². The Hall–Kier alpha value is -6.38. The molecule has 0 bridgehead atoms. The lowest BCUT2D eigenvalue weighted by Gasteiger charge is -2.18. The molecule has 10 rings (SSSR count). The maximum absolute atomic E-state index is 6.34. The third-order valence-corrected chi connectivity index (χ3v) is 9.68. The highest BCUT2D eigenvalue weighted by Crippen LogP contribution is 2.46. The molecule has 0 amide bonds. The van der Waals surface area contributed by atoms with Crippen LogP contribution in [0.2, 0.25) is 0 Å². The summed E-state index contributed by atoms with van der Waals surface area (Å²) in [6.45, 7) is 0. The fourth-order valence-electron chi connectivity index (χ4n) is 7.54. The van der Waals surface area contributed by atoms with Crippen LogP contribution in [0.15, 0.2) is 179 Å². The van der Waals surface area contributed by atoms with E-state index in [1.165, 1.54) is 43.8 Å². The van der Waals surface area contributed by atoms with Crippen molar-refractivity contribution >= 4 is 54.5 Å². The summed E-state index contributed by atoms with van der Waals surface area (Å²) in [4.78, 5) is 0. The first kappa shape index (κ1) is 26.8. The molecule has 0 aliphatic rings. The summed E-state index contributed by atoms with van der Waals surface area (Å²) in [6.07, 6.45) is 0. The van der Waals surface area contributed by atoms with Gasteiger partial charge >= 0.3 is 0 Å². The van der Waals surface area contributed by atoms with Gasteiger partial charge in [0.1, 0.15) is 22.5 Å². The van der Waals surface area contributed by atoms with Gasteiger partial charge in [0.15, 0.2) is 0 Å². The second kappa shape index (κ2) is 10.6. The SMILES string of the molecule is c1cc(-c2ccccc2-c2cc3ccccc3o2)cc(-c2c3ccccc3c(-c3ccc4oc5ccccc5c4c3)c3ccccc23)c1. The quantitative estimate of drug-likeness (QED) is 0.185. The van der Waals surface area contributed by atoms with Crippen LogP contribution in [0, 0.1) is 0 Å². The third-order valence-electron chi connectivity index (χ3n) is 9.68. The normalized spacial score (nSPS) is 11.8. The molecule has 0 aliphatic carbocycles. The predicted octanol–water partition coefficient (Wildman–Crippen LogP) is 13.3. The first-order chi connectivity index (χ1) is 23.8. The van der Waals surface area contributed by atoms with E-state index in [1.807, 2.05) is 24.3 Å². The smallest absolute Gasteiger partial charge is 0.136 e. The van der Waals surface area contributed by atoms with E-state index in [-0.39, 0.29) is 0 Å². The summed E-state index contributed by atoms with van der Waals surface area (Å²) < 4.78 is 12.5. The highest BCUT2D eigenvalue weighted by atomic mass is 16.3. The van der Waals surface area contributed by atoms with E-state index in [1.54, 1.807) is 0 Å². The highest BCUT2D eigenvalue weighted by molar-refractivity contribution is 6.22. The van der Waals surface area contributed by atoms with Gasteiger partial charge in [-0.15, -0.1) is 0 Å². The van der Waals surface area contributed by atoms with Crippen LogP contribution in [0.1, 0.15) is 0 Å². The molecular weight excluding hydrogens is 585 g/mol. The zero-order valence-corrected chi connectivity index (χ0v) is 26.0. The van der Waals surface area contributed by atoms with Crippen molar-refractivity contribution in [2.75, 3.05) is 0 Å². The van der Waals surface area contributed by atoms with E-state index < -0.39 is 0 Å². The molecule has 0 radical (unpaired) electrons. The molecule has 2 heterocycles. The monoisotopic (exact) mass is 612 g/mol. The Labute approximate surface area is 277 Å². The van der Waals surface area contributed by atoms with E-state index in [2.05, 4.69) is 146 Å². The lowest BCUT2D eigenvalue weighted by Crippen LogP contribution is -1.91. The summed E-state index contributed by atoms with van der Waals surface area (Å²) in [5, 5.41) is 8.29. The first-order valence-corrected chi connectivity index (χ1v) is 16.3. The van der Waals surface area contributed by atoms with Crippen molar-refractivity contribution in [3.63, 3.8) is 0 Å². The van der Waals surface area contributed by atoms with E-state index in [4.69, 9.17) is 8.83 Å². The van der Waals surface area contributed by atoms with Crippen molar-refractivity contribution in [1.82, 2.24) is 0 Å². The average molecular weight is 613 g/mol. The maximum Gasteiger partial charge on any atom is 0.136 e. The van der Waals surface area contributed by atoms with Gasteiger partial charge in [-0.25, -0.2) is 0 Å². The number of benzene rings is 8. The van der Waals surface area contributed by atoms with Crippen LogP contribution in [0.3, 0.4) is 0 Å². The second-order valence-corrected chi connectivity index (χ2v) is 12.4. The number of fused-ring (bicyclic) bond motifs is 6. The first-order valence-electron chi connectivity index (χ1n) is 16.3. The maximum atomic E-state index is 6.34. The summed E-state index contributed by atoms with van der Waals surface area (Å²) in [6, 6.07) is 60.4. The van der Waals surface area contributed by atoms with Crippen molar-refractivity contribution in [3.8, 4) is 44.7 Å². The topological polar surface area (TPSA) is 26.3 Å². The second-order valence-electron chi connectivity index (χ2n) is 12.4. The fraction of sp³-hybridized carbons (Fsp3) is 0. The van der Waals surface area contributed by atoms with E-state index in [9.17, 15) is 0 Å². The molecule has 48 heavy (non-hydrogen) atoms. The van der Waals surface area contributed by atoms with Gasteiger partial charge in [0.05, 0.1) is 0 Å². The zero-order chi connectivity index (χ0) is 31.6. The Morgan fingerprint density at radius 1 is 0.292 bits per heavy atom. The standard InChI is InChI=1S/C46H28O2/c1-9-22-41-30(12-1)28-44(47-41)34-16-3-2-15-33(34)29-13-11-14-31(26-29)45-36-18-4-6-20-38(36)46(39-21-7-5-19-37(39)45)32-24-25-43-40(27-32)35-17-8-10-23-42(35)48-43/h1-28H. The van der Waals surface area contributed by atoms with Gasteiger partial charge in [0, 0.05) is 21.7 Å². The lowest BCUT2D eigenvalue weighted by atomic mass is 9.85. The largest absolute Gasteiger partial charge is 0.456 e. The van der Waals surface area contributed by atoms with Gasteiger partial charge < -0.3 is 8.83 Å². The van der Waals surface area contributed by atoms with Crippen LogP contribution >= 0.6 is 0 Å². The molecular formula is C46H28O2. The molecule has 10 aromatic rings. The van der Waals surface area contributed by atoms with Gasteiger partial charge in [-0.3, -0.25) is 0 Å². The lowest BCUT2D eigenvalue weighted by molar-refractivity contribution is 0.632. The van der Waals surface area contributed by atoms with Gasteiger partial charge in [0.25, 0.3) is 0 Å². The Morgan fingerprint density at radius 3 is 1.54 bits per heavy atom. The third kappa shape index (κ3) is 4.13. The molecule has 2 heteroatoms. The van der Waals surface area contributed by atoms with E-state index >= 15 is 0 Å². The molecule has 2 aromatic heterocycles. The Kier molecular flexibility index (Phi) is 5.91. The molecule has 8 aromatic carbocycles. The van der Waals surface area contributed by atoms with Crippen molar-refractivity contribution in [2.45, 2.75) is 0 Å². The summed E-state index contributed by atoms with van der Waals surface area (Å²) in [7, 11) is 0. The molecule has 224 valence electrons. The van der Waals surface area contributed by atoms with Crippen molar-refractivity contribution in [3.05, 3.63) is 170 Å². The Morgan fingerprint density at radius 2 is 0.833 bits per heavy atom. The molecule has 0 saturated carbocycles. The van der Waals surface area contributed by atoms with E-state index in [0.29, 0.717) is 0 Å². The van der Waals surface area contributed by atoms with Crippen molar-refractivity contribution < 1.29 is 8.83 Å². The molecule has 0 unspecified atom stereocenters. The molecule has 0 atom stereocenters. The summed E-state index contributed by atoms with van der Waals surface area (Å²) in [5.74, 6) is 0.875. The molecule has 2 nitrogen and oxygen atoms in total. The molecule has 0 spiro atoms. The van der Waals surface area contributed by atoms with Gasteiger partial charge in [-0.2, -0.15) is 0 Å². The van der Waals surface area contributed by atoms with Crippen LogP contribution in [0.4, 0.5) is 0 Å². The fourth-order valence-corrected chi connectivity index (χ4v) is 7.54.